The average Bonchev–Trinajstić information content (AvgIpc) is 4.06. The zero-order chi connectivity index (χ0) is 45.5. The van der Waals surface area contributed by atoms with Gasteiger partial charge in [-0.1, -0.05) is 52.0 Å². The standard InChI is InChI=1S/C45H60N8O10/c1-25(2)37-42(60)48-32(23-28-13-17-30(55)18-14-28)43(61)53-21-7-10-35(53)44(62)51-19-6-9-34(51)41(59)50-38(26(3)4)45(63)52-20-5-8-33(52)40(58)46-24-36(56)47-31(39(57)49-37)22-27-11-15-29(54)16-12-27/h11-18,25-26,31-35,37-38,54-55H,5-10,19-24H2,1-4H3,(H,46,58)(H,47,56)(H,48,60)(H,49,57)(H,50,59)/t31-,32-,33-,34-,35-,37-,38-/m0/s1. The third kappa shape index (κ3) is 11.1. The molecule has 8 amide bonds. The van der Waals surface area contributed by atoms with Crippen molar-refractivity contribution in [1.29, 1.82) is 0 Å². The Morgan fingerprint density at radius 3 is 1.51 bits per heavy atom. The number of benzene rings is 2. The fraction of sp³-hybridized carbons (Fsp3) is 0.556. The van der Waals surface area contributed by atoms with Crippen LogP contribution in [0.25, 0.3) is 0 Å². The van der Waals surface area contributed by atoms with E-state index in [0.717, 1.165) is 0 Å². The van der Waals surface area contributed by atoms with Crippen LogP contribution < -0.4 is 26.6 Å². The van der Waals surface area contributed by atoms with Crippen LogP contribution in [0.15, 0.2) is 48.5 Å². The molecule has 4 aliphatic heterocycles. The van der Waals surface area contributed by atoms with Gasteiger partial charge in [-0.3, -0.25) is 38.4 Å². The normalized spacial score (nSPS) is 27.3. The molecule has 0 spiro atoms. The van der Waals surface area contributed by atoms with Crippen molar-refractivity contribution in [1.82, 2.24) is 41.3 Å². The number of phenols is 2. The molecule has 4 fully saturated rings. The molecule has 0 aliphatic carbocycles. The number of fused-ring (bicyclic) bond motifs is 3. The van der Waals surface area contributed by atoms with Gasteiger partial charge in [0.05, 0.1) is 6.54 Å². The first-order valence-electron chi connectivity index (χ1n) is 22.0. The van der Waals surface area contributed by atoms with E-state index in [4.69, 9.17) is 0 Å². The molecule has 0 bridgehead atoms. The summed E-state index contributed by atoms with van der Waals surface area (Å²) >= 11 is 0. The number of phenolic OH excluding ortho intramolecular Hbond substituents is 2. The number of hydrogen-bond donors (Lipinski definition) is 7. The second-order valence-corrected chi connectivity index (χ2v) is 17.7. The lowest BCUT2D eigenvalue weighted by Gasteiger charge is -2.35. The van der Waals surface area contributed by atoms with E-state index >= 15 is 0 Å². The minimum absolute atomic E-state index is 0.000436. The molecular formula is C45H60N8O10. The molecule has 63 heavy (non-hydrogen) atoms. The molecule has 0 unspecified atom stereocenters. The molecule has 4 aliphatic rings. The van der Waals surface area contributed by atoms with Crippen molar-refractivity contribution in [2.45, 2.75) is 121 Å². The van der Waals surface area contributed by atoms with Crippen LogP contribution in [-0.2, 0) is 51.2 Å². The maximum Gasteiger partial charge on any atom is 0.246 e. The Morgan fingerprint density at radius 2 is 0.968 bits per heavy atom. The summed E-state index contributed by atoms with van der Waals surface area (Å²) in [6.45, 7) is 7.12. The fourth-order valence-corrected chi connectivity index (χ4v) is 8.95. The van der Waals surface area contributed by atoms with Gasteiger partial charge >= 0.3 is 0 Å². The number of hydrogen-bond acceptors (Lipinski definition) is 10. The molecule has 2 aromatic carbocycles. The van der Waals surface area contributed by atoms with Gasteiger partial charge in [-0.25, -0.2) is 0 Å². The lowest BCUT2D eigenvalue weighted by atomic mass is 9.99. The quantitative estimate of drug-likeness (QED) is 0.208. The number of carbonyl (C=O) groups is 8. The minimum atomic E-state index is -1.27. The fourth-order valence-electron chi connectivity index (χ4n) is 8.95. The van der Waals surface area contributed by atoms with Crippen LogP contribution in [0.4, 0.5) is 0 Å². The zero-order valence-corrected chi connectivity index (χ0v) is 36.3. The highest BCUT2D eigenvalue weighted by Crippen LogP contribution is 2.28. The summed E-state index contributed by atoms with van der Waals surface area (Å²) in [4.78, 5) is 117. The first-order valence-corrected chi connectivity index (χ1v) is 22.0. The van der Waals surface area contributed by atoms with Crippen molar-refractivity contribution in [3.05, 3.63) is 59.7 Å². The zero-order valence-electron chi connectivity index (χ0n) is 36.3. The number of aromatic hydroxyl groups is 2. The molecule has 18 heteroatoms. The van der Waals surface area contributed by atoms with Gasteiger partial charge in [0, 0.05) is 32.5 Å². The Labute approximate surface area is 366 Å². The van der Waals surface area contributed by atoms with Crippen LogP contribution in [0.3, 0.4) is 0 Å². The van der Waals surface area contributed by atoms with Crippen LogP contribution in [0.5, 0.6) is 11.5 Å². The predicted molar refractivity (Wildman–Crippen MR) is 228 cm³/mol. The van der Waals surface area contributed by atoms with Crippen LogP contribution >= 0.6 is 0 Å². The third-order valence-electron chi connectivity index (χ3n) is 12.4. The van der Waals surface area contributed by atoms with Crippen LogP contribution in [-0.4, -0.2) is 141 Å². The Bertz CT molecular complexity index is 2040. The highest BCUT2D eigenvalue weighted by Gasteiger charge is 2.46. The summed E-state index contributed by atoms with van der Waals surface area (Å²) in [6, 6.07) is 4.64. The first kappa shape index (κ1) is 46.3. The Kier molecular flexibility index (Phi) is 14.9. The molecule has 18 nitrogen and oxygen atoms in total. The Balaban J connectivity index is 1.35. The van der Waals surface area contributed by atoms with Gasteiger partial charge in [-0.05, 0) is 85.8 Å². The van der Waals surface area contributed by atoms with E-state index in [-0.39, 0.29) is 44.0 Å². The monoisotopic (exact) mass is 872 g/mol. The molecule has 0 aromatic heterocycles. The minimum Gasteiger partial charge on any atom is -0.508 e. The largest absolute Gasteiger partial charge is 0.508 e. The van der Waals surface area contributed by atoms with Gasteiger partial charge in [-0.15, -0.1) is 0 Å². The molecule has 4 heterocycles. The SMILES string of the molecule is CC(C)[C@@H]1NC(=O)[C@H](Cc2ccc(O)cc2)NC(=O)CNC(=O)[C@@H]2CCCN2C(=O)[C@H](C(C)C)NC(=O)[C@@H]2CCCN2C(=O)[C@@H]2CCCN2C(=O)[C@H](Cc2ccc(O)cc2)NC1=O. The maximum atomic E-state index is 14.7. The molecule has 0 saturated carbocycles. The highest BCUT2D eigenvalue weighted by molar-refractivity contribution is 5.99. The van der Waals surface area contributed by atoms with Crippen LogP contribution in [0.2, 0.25) is 0 Å². The van der Waals surface area contributed by atoms with E-state index in [1.807, 2.05) is 0 Å². The first-order chi connectivity index (χ1) is 30.0. The molecular weight excluding hydrogens is 813 g/mol. The molecule has 2 aromatic rings. The van der Waals surface area contributed by atoms with Gasteiger partial charge < -0.3 is 51.5 Å². The van der Waals surface area contributed by atoms with E-state index in [1.54, 1.807) is 52.0 Å². The van der Waals surface area contributed by atoms with E-state index in [9.17, 15) is 48.6 Å². The second kappa shape index (κ2) is 20.3. The summed E-state index contributed by atoms with van der Waals surface area (Å²) in [5, 5.41) is 33.6. The van der Waals surface area contributed by atoms with Crippen LogP contribution in [0.1, 0.15) is 77.3 Å². The molecule has 7 N–H and O–H groups in total. The molecule has 4 saturated heterocycles. The lowest BCUT2D eigenvalue weighted by Crippen LogP contribution is -2.61. The van der Waals surface area contributed by atoms with E-state index in [1.165, 1.54) is 39.0 Å². The van der Waals surface area contributed by atoms with Crippen molar-refractivity contribution < 1.29 is 48.6 Å². The molecule has 340 valence electrons. The smallest absolute Gasteiger partial charge is 0.246 e. The van der Waals surface area contributed by atoms with Gasteiger partial charge in [0.25, 0.3) is 0 Å². The number of nitrogens with one attached hydrogen (secondary N) is 5. The predicted octanol–water partition coefficient (Wildman–Crippen LogP) is 0.237. The summed E-state index contributed by atoms with van der Waals surface area (Å²) in [5.74, 6) is -5.59. The molecule has 7 atom stereocenters. The van der Waals surface area contributed by atoms with Crippen molar-refractivity contribution in [3.8, 4) is 11.5 Å². The van der Waals surface area contributed by atoms with Crippen molar-refractivity contribution >= 4 is 47.3 Å². The molecule has 6 rings (SSSR count). The van der Waals surface area contributed by atoms with E-state index < -0.39 is 108 Å². The van der Waals surface area contributed by atoms with Gasteiger partial charge in [-0.2, -0.15) is 0 Å². The maximum absolute atomic E-state index is 14.7. The summed E-state index contributed by atoms with van der Waals surface area (Å²) in [5.41, 5.74) is 1.17. The van der Waals surface area contributed by atoms with Crippen molar-refractivity contribution in [2.24, 2.45) is 11.8 Å². The molecule has 0 radical (unpaired) electrons. The van der Waals surface area contributed by atoms with Gasteiger partial charge in [0.1, 0.15) is 53.8 Å². The van der Waals surface area contributed by atoms with Gasteiger partial charge in [0.2, 0.25) is 47.3 Å². The Hall–Kier alpha value is -6.20. The summed E-state index contributed by atoms with van der Waals surface area (Å²) in [7, 11) is 0. The van der Waals surface area contributed by atoms with Crippen molar-refractivity contribution in [2.75, 3.05) is 26.2 Å². The Morgan fingerprint density at radius 1 is 0.508 bits per heavy atom. The van der Waals surface area contributed by atoms with Gasteiger partial charge in [0.15, 0.2) is 0 Å². The lowest BCUT2D eigenvalue weighted by molar-refractivity contribution is -0.149. The third-order valence-corrected chi connectivity index (χ3v) is 12.4. The number of amides is 8. The highest BCUT2D eigenvalue weighted by atomic mass is 16.3. The average molecular weight is 873 g/mol. The number of rotatable bonds is 6. The topological polar surface area (TPSA) is 247 Å². The summed E-state index contributed by atoms with van der Waals surface area (Å²) < 4.78 is 0. The second-order valence-electron chi connectivity index (χ2n) is 17.7. The van der Waals surface area contributed by atoms with Crippen molar-refractivity contribution in [3.63, 3.8) is 0 Å². The van der Waals surface area contributed by atoms with E-state index in [0.29, 0.717) is 49.7 Å². The number of carbonyl (C=O) groups excluding carboxylic acids is 8. The van der Waals surface area contributed by atoms with Crippen LogP contribution in [0, 0.1) is 11.8 Å². The van der Waals surface area contributed by atoms with E-state index in [2.05, 4.69) is 26.6 Å². The number of nitrogens with zero attached hydrogens (tertiary/aromatic N) is 3. The summed E-state index contributed by atoms with van der Waals surface area (Å²) in [6.07, 6.45) is 2.40.